The fraction of sp³-hybridized carbons (Fsp3) is 0.333. The van der Waals surface area contributed by atoms with Crippen LogP contribution >= 0.6 is 0 Å². The van der Waals surface area contributed by atoms with E-state index >= 15 is 0 Å². The van der Waals surface area contributed by atoms with Gasteiger partial charge < -0.3 is 20.3 Å². The lowest BCUT2D eigenvalue weighted by Gasteiger charge is -2.13. The Hall–Kier alpha value is -2.24. The average Bonchev–Trinajstić information content (AvgIpc) is 2.35. The number of anilines is 2. The predicted octanol–water partition coefficient (Wildman–Crippen LogP) is 1.04. The Morgan fingerprint density at radius 1 is 0.833 bits per heavy atom. The molecule has 1 heterocycles. The zero-order valence-electron chi connectivity index (χ0n) is 10.2. The molecule has 2 rings (SSSR count). The van der Waals surface area contributed by atoms with Crippen LogP contribution in [0.2, 0.25) is 0 Å². The van der Waals surface area contributed by atoms with Crippen LogP contribution in [0.4, 0.5) is 11.4 Å². The van der Waals surface area contributed by atoms with Crippen molar-refractivity contribution in [2.75, 3.05) is 11.5 Å². The molecule has 0 aliphatic heterocycles. The molecule has 0 fully saturated rings. The Balaban J connectivity index is 3.07. The minimum atomic E-state index is -1.08. The summed E-state index contributed by atoms with van der Waals surface area (Å²) in [4.78, 5) is 22.4. The van der Waals surface area contributed by atoms with Gasteiger partial charge in [-0.3, -0.25) is 0 Å². The summed E-state index contributed by atoms with van der Waals surface area (Å²) in [5, 5.41) is 0. The van der Waals surface area contributed by atoms with Gasteiger partial charge in [0.05, 0.1) is 11.4 Å². The van der Waals surface area contributed by atoms with Crippen LogP contribution in [-0.4, -0.2) is 0 Å². The molecule has 0 radical (unpaired) electrons. The Bertz CT molecular complexity index is 665. The molecule has 6 nitrogen and oxygen atoms in total. The van der Waals surface area contributed by atoms with Crippen LogP contribution in [0.5, 0.6) is 0 Å². The second-order valence-electron chi connectivity index (χ2n) is 3.93. The number of hydrogen-bond acceptors (Lipinski definition) is 6. The Labute approximate surface area is 102 Å². The summed E-state index contributed by atoms with van der Waals surface area (Å²) < 4.78 is 9.76. The van der Waals surface area contributed by atoms with Crippen LogP contribution in [0.15, 0.2) is 18.4 Å². The van der Waals surface area contributed by atoms with Gasteiger partial charge >= 0.3 is 11.3 Å². The molecular weight excluding hydrogens is 236 g/mol. The summed E-state index contributed by atoms with van der Waals surface area (Å²) in [6.45, 7) is 3.85. The molecule has 0 saturated carbocycles. The maximum absolute atomic E-state index is 11.2. The normalized spacial score (nSPS) is 11.0. The summed E-state index contributed by atoms with van der Waals surface area (Å²) in [7, 11) is 0. The first-order valence-electron chi connectivity index (χ1n) is 5.67. The van der Waals surface area contributed by atoms with Crippen LogP contribution in [0.25, 0.3) is 11.2 Å². The van der Waals surface area contributed by atoms with Crippen molar-refractivity contribution in [1.82, 2.24) is 0 Å². The summed E-state index contributed by atoms with van der Waals surface area (Å²) in [5.74, 6) is 0. The monoisotopic (exact) mass is 250 g/mol. The third-order valence-electron chi connectivity index (χ3n) is 2.97. The quantitative estimate of drug-likeness (QED) is 0.608. The van der Waals surface area contributed by atoms with Gasteiger partial charge in [-0.2, -0.15) is 0 Å². The Kier molecular flexibility index (Phi) is 2.86. The van der Waals surface area contributed by atoms with Gasteiger partial charge in [0, 0.05) is 0 Å². The minimum Gasteiger partial charge on any atom is -0.412 e. The van der Waals surface area contributed by atoms with E-state index < -0.39 is 11.3 Å². The first-order chi connectivity index (χ1) is 8.51. The van der Waals surface area contributed by atoms with E-state index in [4.69, 9.17) is 20.3 Å². The summed E-state index contributed by atoms with van der Waals surface area (Å²) in [6.07, 6.45) is 1.30. The Morgan fingerprint density at radius 2 is 1.17 bits per heavy atom. The zero-order chi connectivity index (χ0) is 13.4. The number of fused-ring (bicyclic) bond motifs is 1. The van der Waals surface area contributed by atoms with Crippen molar-refractivity contribution >= 4 is 22.5 Å². The van der Waals surface area contributed by atoms with Crippen LogP contribution in [0.3, 0.4) is 0 Å². The van der Waals surface area contributed by atoms with Gasteiger partial charge in [-0.15, -0.1) is 0 Å². The van der Waals surface area contributed by atoms with Gasteiger partial charge in [0.25, 0.3) is 0 Å². The lowest BCUT2D eigenvalue weighted by Crippen LogP contribution is -2.22. The summed E-state index contributed by atoms with van der Waals surface area (Å²) in [5.41, 5.74) is 12.1. The van der Waals surface area contributed by atoms with Gasteiger partial charge in [0.2, 0.25) is 0 Å². The summed E-state index contributed by atoms with van der Waals surface area (Å²) in [6, 6.07) is 0. The van der Waals surface area contributed by atoms with Crippen molar-refractivity contribution in [3.8, 4) is 0 Å². The van der Waals surface area contributed by atoms with Crippen LogP contribution in [0.1, 0.15) is 25.0 Å². The molecule has 0 amide bonds. The first kappa shape index (κ1) is 12.2. The second-order valence-corrected chi connectivity index (χ2v) is 3.93. The smallest absolute Gasteiger partial charge is 0.412 e. The zero-order valence-corrected chi connectivity index (χ0v) is 10.2. The van der Waals surface area contributed by atoms with E-state index in [2.05, 4.69) is 0 Å². The van der Waals surface area contributed by atoms with Gasteiger partial charge in [-0.05, 0) is 24.0 Å². The van der Waals surface area contributed by atoms with E-state index in [1.54, 1.807) is 0 Å². The minimum absolute atomic E-state index is 0.0474. The molecule has 6 heteroatoms. The third-order valence-corrected chi connectivity index (χ3v) is 2.97. The number of benzene rings is 1. The van der Waals surface area contributed by atoms with E-state index in [0.29, 0.717) is 24.2 Å². The highest BCUT2D eigenvalue weighted by molar-refractivity contribution is 5.95. The summed E-state index contributed by atoms with van der Waals surface area (Å²) >= 11 is 0. The number of hydrogen-bond donors (Lipinski definition) is 2. The highest BCUT2D eigenvalue weighted by atomic mass is 16.5. The molecule has 96 valence electrons. The fourth-order valence-corrected chi connectivity index (χ4v) is 2.12. The van der Waals surface area contributed by atoms with Crippen LogP contribution in [0, 0.1) is 0 Å². The molecule has 0 saturated heterocycles. The molecule has 0 spiro atoms. The van der Waals surface area contributed by atoms with Crippen molar-refractivity contribution in [1.29, 1.82) is 0 Å². The van der Waals surface area contributed by atoms with Gasteiger partial charge in [0.15, 0.2) is 11.2 Å². The van der Waals surface area contributed by atoms with Crippen molar-refractivity contribution in [3.05, 3.63) is 32.0 Å². The molecule has 0 atom stereocenters. The SMILES string of the molecule is CCc1c(CC)c(N)c2oc(=O)c(=O)oc2c1N. The van der Waals surface area contributed by atoms with Crippen molar-refractivity contribution in [3.63, 3.8) is 0 Å². The van der Waals surface area contributed by atoms with E-state index in [0.717, 1.165) is 11.1 Å². The standard InChI is InChI=1S/C12H14N2O4/c1-3-5-6(4-2)8(14)10-9(7(5)13)17-11(15)12(16)18-10/h3-4,13-14H2,1-2H3. The number of nitrogens with two attached hydrogens (primary N) is 2. The molecule has 0 aliphatic rings. The molecule has 0 bridgehead atoms. The first-order valence-corrected chi connectivity index (χ1v) is 5.67. The second kappa shape index (κ2) is 4.21. The maximum atomic E-state index is 11.2. The molecule has 1 aromatic heterocycles. The van der Waals surface area contributed by atoms with E-state index in [-0.39, 0.29) is 11.2 Å². The highest BCUT2D eigenvalue weighted by Gasteiger charge is 2.19. The highest BCUT2D eigenvalue weighted by Crippen LogP contribution is 2.33. The van der Waals surface area contributed by atoms with Gasteiger partial charge in [0.1, 0.15) is 0 Å². The largest absolute Gasteiger partial charge is 0.423 e. The van der Waals surface area contributed by atoms with Gasteiger partial charge in [-0.25, -0.2) is 9.59 Å². The van der Waals surface area contributed by atoms with E-state index in [1.807, 2.05) is 13.8 Å². The number of nitrogen functional groups attached to an aromatic ring is 2. The van der Waals surface area contributed by atoms with E-state index in [9.17, 15) is 9.59 Å². The molecule has 4 N–H and O–H groups in total. The lowest BCUT2D eigenvalue weighted by atomic mass is 9.98. The molecule has 2 aromatic rings. The fourth-order valence-electron chi connectivity index (χ4n) is 2.12. The van der Waals surface area contributed by atoms with Gasteiger partial charge in [-0.1, -0.05) is 13.8 Å². The van der Waals surface area contributed by atoms with Crippen molar-refractivity contribution in [2.45, 2.75) is 26.7 Å². The van der Waals surface area contributed by atoms with Crippen molar-refractivity contribution < 1.29 is 8.83 Å². The molecular formula is C12H14N2O4. The van der Waals surface area contributed by atoms with Crippen LogP contribution < -0.4 is 22.7 Å². The third kappa shape index (κ3) is 1.57. The molecule has 0 aliphatic carbocycles. The topological polar surface area (TPSA) is 112 Å². The predicted molar refractivity (Wildman–Crippen MR) is 68.6 cm³/mol. The van der Waals surface area contributed by atoms with Crippen LogP contribution in [-0.2, 0) is 12.8 Å². The van der Waals surface area contributed by atoms with Crippen molar-refractivity contribution in [2.24, 2.45) is 0 Å². The molecule has 1 aromatic carbocycles. The Morgan fingerprint density at radius 3 is 1.44 bits per heavy atom. The van der Waals surface area contributed by atoms with E-state index in [1.165, 1.54) is 0 Å². The average molecular weight is 250 g/mol. The molecule has 0 unspecified atom stereocenters. The lowest BCUT2D eigenvalue weighted by molar-refractivity contribution is 0.450. The number of rotatable bonds is 2. The maximum Gasteiger partial charge on any atom is 0.423 e. The molecule has 18 heavy (non-hydrogen) atoms.